The molecule has 0 saturated carbocycles. The van der Waals surface area contributed by atoms with Crippen molar-refractivity contribution in [1.29, 1.82) is 0 Å². The van der Waals surface area contributed by atoms with Crippen molar-refractivity contribution in [1.82, 2.24) is 4.90 Å². The highest BCUT2D eigenvalue weighted by atomic mass is 16.7. The van der Waals surface area contributed by atoms with Gasteiger partial charge in [-0.25, -0.2) is 0 Å². The van der Waals surface area contributed by atoms with Crippen LogP contribution in [0.25, 0.3) is 0 Å². The molecule has 0 amide bonds. The van der Waals surface area contributed by atoms with Gasteiger partial charge in [-0.3, -0.25) is 28.8 Å². The fraction of sp³-hybridized carbons (Fsp3) is 0.854. The molecule has 0 aromatic heterocycles. The third-order valence-corrected chi connectivity index (χ3v) is 10.9. The number of hydrogen-bond donors (Lipinski definition) is 2. The van der Waals surface area contributed by atoms with Gasteiger partial charge >= 0.3 is 29.8 Å². The van der Waals surface area contributed by atoms with Gasteiger partial charge in [-0.05, 0) is 47.2 Å². The Morgan fingerprint density at radius 3 is 1.95 bits per heavy atom. The molecule has 2 heterocycles. The van der Waals surface area contributed by atoms with Gasteiger partial charge in [0, 0.05) is 66.8 Å². The summed E-state index contributed by atoms with van der Waals surface area (Å²) in [5.41, 5.74) is -1.55. The van der Waals surface area contributed by atoms with Crippen LogP contribution < -0.4 is 0 Å². The fourth-order valence-electron chi connectivity index (χ4n) is 7.96. The van der Waals surface area contributed by atoms with Gasteiger partial charge in [-0.1, -0.05) is 20.8 Å². The van der Waals surface area contributed by atoms with Crippen LogP contribution in [-0.4, -0.2) is 172 Å². The monoisotopic (exact) mass is 879 g/mol. The van der Waals surface area contributed by atoms with E-state index in [1.54, 1.807) is 46.7 Å². The van der Waals surface area contributed by atoms with E-state index in [2.05, 4.69) is 0 Å². The zero-order valence-corrected chi connectivity index (χ0v) is 37.8. The lowest BCUT2D eigenvalue weighted by Gasteiger charge is -2.51. The van der Waals surface area contributed by atoms with Crippen molar-refractivity contribution in [3.05, 3.63) is 0 Å². The summed E-state index contributed by atoms with van der Waals surface area (Å²) in [4.78, 5) is 76.0. The van der Waals surface area contributed by atoms with E-state index < -0.39 is 134 Å². The third-order valence-electron chi connectivity index (χ3n) is 10.9. The number of carbonyl (C=O) groups is 6. The summed E-state index contributed by atoms with van der Waals surface area (Å²) in [5, 5.41) is 21.4. The molecule has 5 unspecified atom stereocenters. The summed E-state index contributed by atoms with van der Waals surface area (Å²) in [6, 6.07) is -0.835. The van der Waals surface area contributed by atoms with Crippen LogP contribution >= 0.6 is 0 Å². The molecule has 0 aliphatic carbocycles. The Morgan fingerprint density at radius 2 is 1.48 bits per heavy atom. The number of methoxy groups -OCH3 is 3. The molecule has 2 rings (SSSR count). The Hall–Kier alpha value is -3.34. The molecule has 2 aliphatic rings. The topological polar surface area (TPSA) is 248 Å². The first-order chi connectivity index (χ1) is 28.6. The summed E-state index contributed by atoms with van der Waals surface area (Å²) in [6.07, 6.45) is -13.7. The number of rotatable bonds is 25. The number of likely N-dealkylation sites (N-methyl/N-ethyl adjacent to an activating group) is 1. The minimum atomic E-state index is -1.55. The average molecular weight is 880 g/mol. The van der Waals surface area contributed by atoms with Gasteiger partial charge in [-0.15, -0.1) is 0 Å². The highest BCUT2D eigenvalue weighted by Crippen LogP contribution is 2.39. The van der Waals surface area contributed by atoms with Gasteiger partial charge in [0.05, 0.1) is 30.8 Å². The highest BCUT2D eigenvalue weighted by Gasteiger charge is 2.54. The zero-order chi connectivity index (χ0) is 46.4. The number of aldehydes is 1. The minimum absolute atomic E-state index is 0.0179. The number of aliphatic hydroxyl groups is 1. The average Bonchev–Trinajstić information content (AvgIpc) is 3.17. The molecule has 61 heavy (non-hydrogen) atoms. The van der Waals surface area contributed by atoms with Crippen LogP contribution in [0.2, 0.25) is 0 Å². The number of carboxylic acids is 1. The maximum atomic E-state index is 12.9. The van der Waals surface area contributed by atoms with E-state index >= 15 is 0 Å². The normalized spacial score (nSPS) is 29.7. The standard InChI is InChI=1S/C41H69NO19/c1-14-30(48)58-27(18-29(46)47)37(53-13)36(26(17-32(51-11)52-12)16-21(3)28(20-43)56-24(6)44)61-40-38(57-25(7)45)34(42(9)10)35(22(4)55-40)60-33-19-41(8,50)39(23(5)54-33)59-31(49)15-2/h20-23,26-28,32-40,50H,14-19H2,1-13H3,(H,46,47)/t21-,22?,23?,26-,27-,28+,33+,34?,35-,36+,37+,38?,39+,40+,41?/m1/s1. The van der Waals surface area contributed by atoms with E-state index in [-0.39, 0.29) is 32.1 Å². The first kappa shape index (κ1) is 53.8. The molecule has 0 bridgehead atoms. The van der Waals surface area contributed by atoms with Crippen molar-refractivity contribution in [2.45, 2.75) is 179 Å². The van der Waals surface area contributed by atoms with Gasteiger partial charge < -0.3 is 67.2 Å². The second-order valence-electron chi connectivity index (χ2n) is 16.0. The number of aliphatic carboxylic acids is 1. The summed E-state index contributed by atoms with van der Waals surface area (Å²) in [7, 11) is 7.52. The maximum Gasteiger partial charge on any atom is 0.307 e. The van der Waals surface area contributed by atoms with Crippen molar-refractivity contribution >= 4 is 36.1 Å². The lowest BCUT2D eigenvalue weighted by molar-refractivity contribution is -0.345. The van der Waals surface area contributed by atoms with E-state index in [1.807, 2.05) is 0 Å². The van der Waals surface area contributed by atoms with Gasteiger partial charge in [0.1, 0.15) is 23.9 Å². The molecule has 2 aliphatic heterocycles. The van der Waals surface area contributed by atoms with Crippen molar-refractivity contribution in [3.63, 3.8) is 0 Å². The van der Waals surface area contributed by atoms with Crippen molar-refractivity contribution < 1.29 is 91.1 Å². The van der Waals surface area contributed by atoms with Crippen LogP contribution in [0.1, 0.15) is 93.9 Å². The fourth-order valence-corrected chi connectivity index (χ4v) is 7.96. The van der Waals surface area contributed by atoms with Crippen LogP contribution in [-0.2, 0) is 80.9 Å². The van der Waals surface area contributed by atoms with E-state index in [1.165, 1.54) is 42.1 Å². The molecule has 0 aromatic carbocycles. The van der Waals surface area contributed by atoms with Crippen LogP contribution in [0.4, 0.5) is 0 Å². The largest absolute Gasteiger partial charge is 0.481 e. The van der Waals surface area contributed by atoms with Crippen LogP contribution in [0.15, 0.2) is 0 Å². The lowest BCUT2D eigenvalue weighted by Crippen LogP contribution is -2.66. The Balaban J connectivity index is 2.77. The number of carboxylic acid groups (broad SMARTS) is 1. The number of nitrogens with zero attached hydrogens (tertiary/aromatic N) is 1. The SMILES string of the molecule is CCC(=O)O[C@H](CC(=O)O)[C@H](OC)[C@@H](O[C@@H]1OC(C)[C@@H](O[C@H]2CC(C)(O)[C@@H](OC(=O)CC)C(C)O2)C(N(C)C)C1OC(C)=O)[C@@H](CC(OC)OC)C[C@@H](C)[C@H](C=O)OC(C)=O. The van der Waals surface area contributed by atoms with E-state index in [0.29, 0.717) is 6.29 Å². The quantitative estimate of drug-likeness (QED) is 0.0577. The van der Waals surface area contributed by atoms with Gasteiger partial charge in [-0.2, -0.15) is 0 Å². The van der Waals surface area contributed by atoms with Crippen LogP contribution in [0.5, 0.6) is 0 Å². The zero-order valence-electron chi connectivity index (χ0n) is 37.8. The third kappa shape index (κ3) is 15.8. The first-order valence-corrected chi connectivity index (χ1v) is 20.6. The highest BCUT2D eigenvalue weighted by molar-refractivity contribution is 5.71. The number of carbonyl (C=O) groups excluding carboxylic acids is 5. The molecule has 0 spiro atoms. The van der Waals surface area contributed by atoms with Crippen molar-refractivity contribution in [2.75, 3.05) is 35.4 Å². The number of ether oxygens (including phenoxy) is 11. The van der Waals surface area contributed by atoms with Gasteiger partial charge in [0.25, 0.3) is 0 Å². The Bertz CT molecular complexity index is 1420. The predicted octanol–water partition coefficient (Wildman–Crippen LogP) is 2.16. The number of hydrogen-bond acceptors (Lipinski definition) is 19. The van der Waals surface area contributed by atoms with Crippen molar-refractivity contribution in [3.8, 4) is 0 Å². The molecule has 0 aromatic rings. The van der Waals surface area contributed by atoms with E-state index in [9.17, 15) is 39.0 Å². The maximum absolute atomic E-state index is 12.9. The summed E-state index contributed by atoms with van der Waals surface area (Å²) >= 11 is 0. The van der Waals surface area contributed by atoms with E-state index in [4.69, 9.17) is 52.1 Å². The van der Waals surface area contributed by atoms with Crippen LogP contribution in [0.3, 0.4) is 0 Å². The summed E-state index contributed by atoms with van der Waals surface area (Å²) in [5.74, 6) is -5.45. The predicted molar refractivity (Wildman–Crippen MR) is 211 cm³/mol. The van der Waals surface area contributed by atoms with Gasteiger partial charge in [0.2, 0.25) is 0 Å². The molecular formula is C41H69NO19. The minimum Gasteiger partial charge on any atom is -0.481 e. The molecule has 20 nitrogen and oxygen atoms in total. The molecule has 2 N–H and O–H groups in total. The molecule has 0 radical (unpaired) electrons. The smallest absolute Gasteiger partial charge is 0.307 e. The molecule has 2 fully saturated rings. The lowest BCUT2D eigenvalue weighted by atomic mass is 9.82. The molecule has 15 atom stereocenters. The number of esters is 4. The summed E-state index contributed by atoms with van der Waals surface area (Å²) < 4.78 is 65.6. The Morgan fingerprint density at radius 1 is 0.852 bits per heavy atom. The first-order valence-electron chi connectivity index (χ1n) is 20.6. The Kier molecular flexibility index (Phi) is 22.1. The molecule has 352 valence electrons. The van der Waals surface area contributed by atoms with Crippen molar-refractivity contribution in [2.24, 2.45) is 11.8 Å². The Labute approximate surface area is 358 Å². The second kappa shape index (κ2) is 25.1. The van der Waals surface area contributed by atoms with E-state index in [0.717, 1.165) is 6.92 Å². The molecule has 2 saturated heterocycles. The molecular weight excluding hydrogens is 810 g/mol. The molecule has 20 heteroatoms. The van der Waals surface area contributed by atoms with Gasteiger partial charge in [0.15, 0.2) is 43.5 Å². The summed E-state index contributed by atoms with van der Waals surface area (Å²) in [6.45, 7) is 12.1. The second-order valence-corrected chi connectivity index (χ2v) is 16.0. The van der Waals surface area contributed by atoms with Crippen LogP contribution in [0, 0.1) is 11.8 Å².